The Morgan fingerprint density at radius 1 is 1.26 bits per heavy atom. The highest BCUT2D eigenvalue weighted by molar-refractivity contribution is 9.08. The molecule has 0 radical (unpaired) electrons. The van der Waals surface area contributed by atoms with E-state index < -0.39 is 0 Å². The van der Waals surface area contributed by atoms with E-state index in [0.29, 0.717) is 12.1 Å². The Labute approximate surface area is 122 Å². The van der Waals surface area contributed by atoms with Crippen molar-refractivity contribution in [3.8, 4) is 0 Å². The number of carbonyl (C=O) groups is 1. The van der Waals surface area contributed by atoms with Crippen molar-refractivity contribution in [1.82, 2.24) is 10.2 Å². The molecule has 3 nitrogen and oxygen atoms in total. The highest BCUT2D eigenvalue weighted by Gasteiger charge is 2.37. The molecule has 1 N–H and O–H groups in total. The zero-order valence-electron chi connectivity index (χ0n) is 10.9. The SMILES string of the molecule is O=C(NC1CCN2CCCC12)c1ccc(CBr)cc1. The fourth-order valence-electron chi connectivity index (χ4n) is 3.25. The van der Waals surface area contributed by atoms with Crippen LogP contribution < -0.4 is 5.32 Å². The summed E-state index contributed by atoms with van der Waals surface area (Å²) < 4.78 is 0. The van der Waals surface area contributed by atoms with Crippen LogP contribution in [0.15, 0.2) is 24.3 Å². The van der Waals surface area contributed by atoms with Crippen molar-refractivity contribution in [2.45, 2.75) is 36.7 Å². The molecule has 2 atom stereocenters. The van der Waals surface area contributed by atoms with E-state index in [0.717, 1.165) is 23.9 Å². The number of benzene rings is 1. The summed E-state index contributed by atoms with van der Waals surface area (Å²) in [4.78, 5) is 14.8. The van der Waals surface area contributed by atoms with Crippen molar-refractivity contribution in [1.29, 1.82) is 0 Å². The van der Waals surface area contributed by atoms with Gasteiger partial charge in [0.15, 0.2) is 0 Å². The number of fused-ring (bicyclic) bond motifs is 1. The lowest BCUT2D eigenvalue weighted by molar-refractivity contribution is 0.0929. The summed E-state index contributed by atoms with van der Waals surface area (Å²) in [7, 11) is 0. The lowest BCUT2D eigenvalue weighted by Crippen LogP contribution is -2.42. The minimum Gasteiger partial charge on any atom is -0.348 e. The molecule has 2 aliphatic heterocycles. The van der Waals surface area contributed by atoms with E-state index in [1.54, 1.807) is 0 Å². The average molecular weight is 323 g/mol. The summed E-state index contributed by atoms with van der Waals surface area (Å²) in [6.07, 6.45) is 3.60. The molecule has 2 saturated heterocycles. The van der Waals surface area contributed by atoms with Crippen LogP contribution >= 0.6 is 15.9 Å². The van der Waals surface area contributed by atoms with Gasteiger partial charge >= 0.3 is 0 Å². The van der Waals surface area contributed by atoms with Crippen LogP contribution in [0.1, 0.15) is 35.2 Å². The van der Waals surface area contributed by atoms with Crippen LogP contribution in [0.2, 0.25) is 0 Å². The zero-order valence-corrected chi connectivity index (χ0v) is 12.5. The highest BCUT2D eigenvalue weighted by atomic mass is 79.9. The third kappa shape index (κ3) is 2.70. The van der Waals surface area contributed by atoms with E-state index in [9.17, 15) is 4.79 Å². The van der Waals surface area contributed by atoms with Crippen molar-refractivity contribution >= 4 is 21.8 Å². The van der Waals surface area contributed by atoms with Gasteiger partial charge in [0.1, 0.15) is 0 Å². The summed E-state index contributed by atoms with van der Waals surface area (Å²) in [5, 5.41) is 4.04. The number of nitrogens with zero attached hydrogens (tertiary/aromatic N) is 1. The van der Waals surface area contributed by atoms with E-state index in [1.807, 2.05) is 24.3 Å². The molecule has 0 bridgehead atoms. The van der Waals surface area contributed by atoms with Crippen LogP contribution in [0.25, 0.3) is 0 Å². The first kappa shape index (κ1) is 13.1. The molecule has 2 unspecified atom stereocenters. The van der Waals surface area contributed by atoms with Gasteiger partial charge in [-0.25, -0.2) is 0 Å². The maximum absolute atomic E-state index is 12.2. The Morgan fingerprint density at radius 2 is 2.05 bits per heavy atom. The molecule has 0 aromatic heterocycles. The molecule has 102 valence electrons. The van der Waals surface area contributed by atoms with Gasteiger partial charge in [-0.3, -0.25) is 9.69 Å². The van der Waals surface area contributed by atoms with E-state index in [2.05, 4.69) is 26.1 Å². The Hall–Kier alpha value is -0.870. The number of carbonyl (C=O) groups excluding carboxylic acids is 1. The summed E-state index contributed by atoms with van der Waals surface area (Å²) in [5.41, 5.74) is 1.96. The third-order valence-corrected chi connectivity index (χ3v) is 4.94. The molecule has 4 heteroatoms. The molecular formula is C15H19BrN2O. The summed E-state index contributed by atoms with van der Waals surface area (Å²) in [6, 6.07) is 8.73. The monoisotopic (exact) mass is 322 g/mol. The standard InChI is InChI=1S/C15H19BrN2O/c16-10-11-3-5-12(6-4-11)15(19)17-13-7-9-18-8-1-2-14(13)18/h3-6,13-14H,1-2,7-10H2,(H,17,19). The Morgan fingerprint density at radius 3 is 2.79 bits per heavy atom. The van der Waals surface area contributed by atoms with Gasteiger partial charge in [0, 0.05) is 29.5 Å². The van der Waals surface area contributed by atoms with Crippen LogP contribution in [-0.2, 0) is 5.33 Å². The molecule has 2 aliphatic rings. The van der Waals surface area contributed by atoms with Crippen LogP contribution in [0.5, 0.6) is 0 Å². The van der Waals surface area contributed by atoms with Gasteiger partial charge in [-0.05, 0) is 43.5 Å². The van der Waals surface area contributed by atoms with E-state index in [1.165, 1.54) is 24.9 Å². The van der Waals surface area contributed by atoms with Crippen molar-refractivity contribution in [3.63, 3.8) is 0 Å². The molecule has 1 aromatic carbocycles. The van der Waals surface area contributed by atoms with Gasteiger partial charge < -0.3 is 5.32 Å². The van der Waals surface area contributed by atoms with Crippen LogP contribution in [-0.4, -0.2) is 36.0 Å². The molecule has 3 rings (SSSR count). The Kier molecular flexibility index (Phi) is 3.89. The van der Waals surface area contributed by atoms with Crippen molar-refractivity contribution in [3.05, 3.63) is 35.4 Å². The molecule has 2 heterocycles. The molecule has 0 aliphatic carbocycles. The molecular weight excluding hydrogens is 304 g/mol. The topological polar surface area (TPSA) is 32.3 Å². The second-order valence-corrected chi connectivity index (χ2v) is 6.01. The minimum atomic E-state index is 0.0693. The first-order valence-corrected chi connectivity index (χ1v) is 8.10. The smallest absolute Gasteiger partial charge is 0.251 e. The van der Waals surface area contributed by atoms with Crippen molar-refractivity contribution in [2.75, 3.05) is 13.1 Å². The van der Waals surface area contributed by atoms with Gasteiger partial charge in [-0.1, -0.05) is 28.1 Å². The Balaban J connectivity index is 1.64. The number of halogens is 1. The van der Waals surface area contributed by atoms with Crippen LogP contribution in [0.4, 0.5) is 0 Å². The van der Waals surface area contributed by atoms with E-state index >= 15 is 0 Å². The van der Waals surface area contributed by atoms with Crippen LogP contribution in [0, 0.1) is 0 Å². The third-order valence-electron chi connectivity index (χ3n) is 4.29. The average Bonchev–Trinajstić information content (AvgIpc) is 3.04. The van der Waals surface area contributed by atoms with Crippen LogP contribution in [0.3, 0.4) is 0 Å². The van der Waals surface area contributed by atoms with Gasteiger partial charge in [0.05, 0.1) is 0 Å². The van der Waals surface area contributed by atoms with Gasteiger partial charge in [0.25, 0.3) is 5.91 Å². The molecule has 0 spiro atoms. The molecule has 1 aromatic rings. The molecule has 19 heavy (non-hydrogen) atoms. The van der Waals surface area contributed by atoms with E-state index in [-0.39, 0.29) is 5.91 Å². The summed E-state index contributed by atoms with van der Waals surface area (Å²) >= 11 is 3.41. The number of hydrogen-bond donors (Lipinski definition) is 1. The first-order valence-electron chi connectivity index (χ1n) is 6.98. The van der Waals surface area contributed by atoms with E-state index in [4.69, 9.17) is 0 Å². The maximum atomic E-state index is 12.2. The fraction of sp³-hybridized carbons (Fsp3) is 0.533. The second-order valence-electron chi connectivity index (χ2n) is 5.44. The number of rotatable bonds is 3. The highest BCUT2D eigenvalue weighted by Crippen LogP contribution is 2.28. The number of alkyl halides is 1. The number of amides is 1. The first-order chi connectivity index (χ1) is 9.28. The predicted molar refractivity (Wildman–Crippen MR) is 79.5 cm³/mol. The summed E-state index contributed by atoms with van der Waals surface area (Å²) in [6.45, 7) is 2.34. The number of hydrogen-bond acceptors (Lipinski definition) is 2. The lowest BCUT2D eigenvalue weighted by atomic mass is 10.1. The number of nitrogens with one attached hydrogen (secondary N) is 1. The molecule has 0 saturated carbocycles. The fourth-order valence-corrected chi connectivity index (χ4v) is 3.62. The van der Waals surface area contributed by atoms with Crippen molar-refractivity contribution in [2.24, 2.45) is 0 Å². The van der Waals surface area contributed by atoms with Gasteiger partial charge in [-0.15, -0.1) is 0 Å². The van der Waals surface area contributed by atoms with Gasteiger partial charge in [-0.2, -0.15) is 0 Å². The lowest BCUT2D eigenvalue weighted by Gasteiger charge is -2.21. The van der Waals surface area contributed by atoms with Gasteiger partial charge in [0.2, 0.25) is 0 Å². The largest absolute Gasteiger partial charge is 0.348 e. The molecule has 2 fully saturated rings. The predicted octanol–water partition coefficient (Wildman–Crippen LogP) is 2.55. The zero-order chi connectivity index (χ0) is 13.2. The Bertz CT molecular complexity index is 460. The maximum Gasteiger partial charge on any atom is 0.251 e. The normalized spacial score (nSPS) is 26.4. The second kappa shape index (κ2) is 5.63. The minimum absolute atomic E-state index is 0.0693. The quantitative estimate of drug-likeness (QED) is 0.867. The molecule has 1 amide bonds. The van der Waals surface area contributed by atoms with Crippen molar-refractivity contribution < 1.29 is 4.79 Å². The summed E-state index contributed by atoms with van der Waals surface area (Å²) in [5.74, 6) is 0.0693.